The highest BCUT2D eigenvalue weighted by Crippen LogP contribution is 2.23. The van der Waals surface area contributed by atoms with Gasteiger partial charge in [0.15, 0.2) is 0 Å². The summed E-state index contributed by atoms with van der Waals surface area (Å²) in [7, 11) is 1.86. The minimum Gasteiger partial charge on any atom is -0.436 e. The molecule has 0 amide bonds. The molecule has 1 aromatic heterocycles. The van der Waals surface area contributed by atoms with E-state index in [0.717, 1.165) is 12.1 Å². The number of benzene rings is 1. The SMILES string of the molecule is CNCc1cccc(Oc2ncnc(C)c2F)c1. The Morgan fingerprint density at radius 2 is 2.17 bits per heavy atom. The summed E-state index contributed by atoms with van der Waals surface area (Å²) >= 11 is 0. The molecule has 5 heteroatoms. The second-order valence-electron chi connectivity index (χ2n) is 3.86. The number of hydrogen-bond donors (Lipinski definition) is 1. The Bertz CT molecular complexity index is 546. The second-order valence-corrected chi connectivity index (χ2v) is 3.86. The van der Waals surface area contributed by atoms with Crippen LogP contribution in [0.5, 0.6) is 11.6 Å². The molecule has 0 saturated heterocycles. The number of aryl methyl sites for hydroxylation is 1. The highest BCUT2D eigenvalue weighted by Gasteiger charge is 2.09. The molecule has 0 aliphatic heterocycles. The van der Waals surface area contributed by atoms with Crippen molar-refractivity contribution < 1.29 is 9.13 Å². The summed E-state index contributed by atoms with van der Waals surface area (Å²) in [4.78, 5) is 7.54. The normalized spacial score (nSPS) is 10.4. The van der Waals surface area contributed by atoms with Crippen molar-refractivity contribution in [3.8, 4) is 11.6 Å². The third kappa shape index (κ3) is 2.81. The fraction of sp³-hybridized carbons (Fsp3) is 0.231. The average Bonchev–Trinajstić information content (AvgIpc) is 2.36. The van der Waals surface area contributed by atoms with Crippen molar-refractivity contribution in [2.24, 2.45) is 0 Å². The summed E-state index contributed by atoms with van der Waals surface area (Å²) in [5, 5.41) is 3.04. The number of halogens is 1. The Hall–Kier alpha value is -2.01. The summed E-state index contributed by atoms with van der Waals surface area (Å²) in [6, 6.07) is 7.42. The number of aromatic nitrogens is 2. The van der Waals surface area contributed by atoms with Crippen molar-refractivity contribution in [1.29, 1.82) is 0 Å². The number of nitrogens with one attached hydrogen (secondary N) is 1. The van der Waals surface area contributed by atoms with Crippen molar-refractivity contribution in [3.63, 3.8) is 0 Å². The molecule has 94 valence electrons. The zero-order valence-corrected chi connectivity index (χ0v) is 10.3. The molecule has 2 aromatic rings. The van der Waals surface area contributed by atoms with E-state index in [4.69, 9.17) is 4.74 Å². The Morgan fingerprint density at radius 3 is 2.94 bits per heavy atom. The third-order valence-electron chi connectivity index (χ3n) is 2.43. The molecule has 1 heterocycles. The predicted molar refractivity (Wildman–Crippen MR) is 66.0 cm³/mol. The van der Waals surface area contributed by atoms with Crippen LogP contribution in [0.4, 0.5) is 4.39 Å². The van der Waals surface area contributed by atoms with Crippen LogP contribution < -0.4 is 10.1 Å². The lowest BCUT2D eigenvalue weighted by molar-refractivity contribution is 0.416. The molecule has 18 heavy (non-hydrogen) atoms. The number of rotatable bonds is 4. The summed E-state index contributed by atoms with van der Waals surface area (Å²) in [6.45, 7) is 2.30. The molecule has 4 nitrogen and oxygen atoms in total. The lowest BCUT2D eigenvalue weighted by Gasteiger charge is -2.08. The topological polar surface area (TPSA) is 47.0 Å². The first-order valence-electron chi connectivity index (χ1n) is 5.59. The van der Waals surface area contributed by atoms with Gasteiger partial charge in [0, 0.05) is 6.54 Å². The Kier molecular flexibility index (Phi) is 3.84. The maximum absolute atomic E-state index is 13.7. The monoisotopic (exact) mass is 247 g/mol. The summed E-state index contributed by atoms with van der Waals surface area (Å²) in [6.07, 6.45) is 1.28. The van der Waals surface area contributed by atoms with Crippen molar-refractivity contribution in [1.82, 2.24) is 15.3 Å². The quantitative estimate of drug-likeness (QED) is 0.901. The Morgan fingerprint density at radius 1 is 1.33 bits per heavy atom. The van der Waals surface area contributed by atoms with Crippen LogP contribution in [0.25, 0.3) is 0 Å². The van der Waals surface area contributed by atoms with Gasteiger partial charge in [-0.15, -0.1) is 0 Å². The molecule has 0 saturated carbocycles. The van der Waals surface area contributed by atoms with Crippen LogP contribution in [-0.2, 0) is 6.54 Å². The molecule has 0 bridgehead atoms. The first-order chi connectivity index (χ1) is 8.70. The molecular weight excluding hydrogens is 233 g/mol. The van der Waals surface area contributed by atoms with Gasteiger partial charge in [-0.25, -0.2) is 4.98 Å². The van der Waals surface area contributed by atoms with Crippen molar-refractivity contribution >= 4 is 0 Å². The molecule has 0 unspecified atom stereocenters. The van der Waals surface area contributed by atoms with Gasteiger partial charge >= 0.3 is 0 Å². The number of nitrogens with zero attached hydrogens (tertiary/aromatic N) is 2. The van der Waals surface area contributed by atoms with Gasteiger partial charge in [0.25, 0.3) is 5.88 Å². The summed E-state index contributed by atoms with van der Waals surface area (Å²) in [5.74, 6) is -0.0274. The van der Waals surface area contributed by atoms with Crippen molar-refractivity contribution in [3.05, 3.63) is 47.7 Å². The van der Waals surface area contributed by atoms with Crippen molar-refractivity contribution in [2.75, 3.05) is 7.05 Å². The van der Waals surface area contributed by atoms with E-state index in [1.807, 2.05) is 25.2 Å². The fourth-order valence-corrected chi connectivity index (χ4v) is 1.54. The highest BCUT2D eigenvalue weighted by atomic mass is 19.1. The van der Waals surface area contributed by atoms with E-state index in [-0.39, 0.29) is 11.6 Å². The van der Waals surface area contributed by atoms with E-state index in [2.05, 4.69) is 15.3 Å². The van der Waals surface area contributed by atoms with E-state index >= 15 is 0 Å². The van der Waals surface area contributed by atoms with Gasteiger partial charge in [0.2, 0.25) is 5.82 Å². The van der Waals surface area contributed by atoms with Gasteiger partial charge in [-0.1, -0.05) is 12.1 Å². The van der Waals surface area contributed by atoms with E-state index in [0.29, 0.717) is 5.75 Å². The maximum Gasteiger partial charge on any atom is 0.259 e. The standard InChI is InChI=1S/C13H14FN3O/c1-9-12(14)13(17-8-16-9)18-11-5-3-4-10(6-11)7-15-2/h3-6,8,15H,7H2,1-2H3. The molecule has 1 N–H and O–H groups in total. The zero-order valence-electron chi connectivity index (χ0n) is 10.3. The lowest BCUT2D eigenvalue weighted by Crippen LogP contribution is -2.05. The minimum absolute atomic E-state index is 0.0518. The molecule has 1 aromatic carbocycles. The van der Waals surface area contributed by atoms with Crippen LogP contribution in [0.3, 0.4) is 0 Å². The van der Waals surface area contributed by atoms with E-state index in [1.165, 1.54) is 6.33 Å². The van der Waals surface area contributed by atoms with Crippen LogP contribution in [0.1, 0.15) is 11.3 Å². The Balaban J connectivity index is 2.23. The van der Waals surface area contributed by atoms with Crippen LogP contribution in [0.15, 0.2) is 30.6 Å². The largest absolute Gasteiger partial charge is 0.436 e. The lowest BCUT2D eigenvalue weighted by atomic mass is 10.2. The van der Waals surface area contributed by atoms with Gasteiger partial charge in [-0.3, -0.25) is 0 Å². The second kappa shape index (κ2) is 5.55. The molecule has 0 aliphatic rings. The number of ether oxygens (including phenoxy) is 1. The third-order valence-corrected chi connectivity index (χ3v) is 2.43. The zero-order chi connectivity index (χ0) is 13.0. The molecule has 0 spiro atoms. The first kappa shape index (κ1) is 12.4. The maximum atomic E-state index is 13.7. The summed E-state index contributed by atoms with van der Waals surface area (Å²) < 4.78 is 19.1. The van der Waals surface area contributed by atoms with Gasteiger partial charge in [-0.05, 0) is 31.7 Å². The molecule has 0 atom stereocenters. The van der Waals surface area contributed by atoms with Gasteiger partial charge in [-0.2, -0.15) is 9.37 Å². The predicted octanol–water partition coefficient (Wildman–Crippen LogP) is 2.44. The van der Waals surface area contributed by atoms with Crippen LogP contribution in [0, 0.1) is 12.7 Å². The van der Waals surface area contributed by atoms with E-state index in [1.54, 1.807) is 13.0 Å². The molecule has 0 fully saturated rings. The summed E-state index contributed by atoms with van der Waals surface area (Å²) in [5.41, 5.74) is 1.33. The van der Waals surface area contributed by atoms with E-state index in [9.17, 15) is 4.39 Å². The molecule has 0 aliphatic carbocycles. The Labute approximate surface area is 105 Å². The minimum atomic E-state index is -0.531. The number of hydrogen-bond acceptors (Lipinski definition) is 4. The highest BCUT2D eigenvalue weighted by molar-refractivity contribution is 5.32. The van der Waals surface area contributed by atoms with Gasteiger partial charge in [0.1, 0.15) is 12.1 Å². The fourth-order valence-electron chi connectivity index (χ4n) is 1.54. The van der Waals surface area contributed by atoms with Crippen LogP contribution >= 0.6 is 0 Å². The average molecular weight is 247 g/mol. The van der Waals surface area contributed by atoms with Crippen LogP contribution in [0.2, 0.25) is 0 Å². The van der Waals surface area contributed by atoms with Gasteiger partial charge in [0.05, 0.1) is 5.69 Å². The van der Waals surface area contributed by atoms with Gasteiger partial charge < -0.3 is 10.1 Å². The first-order valence-corrected chi connectivity index (χ1v) is 5.59. The molecule has 0 radical (unpaired) electrons. The van der Waals surface area contributed by atoms with Crippen LogP contribution in [-0.4, -0.2) is 17.0 Å². The smallest absolute Gasteiger partial charge is 0.259 e. The molecular formula is C13H14FN3O. The van der Waals surface area contributed by atoms with E-state index < -0.39 is 5.82 Å². The van der Waals surface area contributed by atoms with Crippen molar-refractivity contribution in [2.45, 2.75) is 13.5 Å². The molecule has 2 rings (SSSR count).